The van der Waals surface area contributed by atoms with Gasteiger partial charge in [0.2, 0.25) is 0 Å². The third-order valence-corrected chi connectivity index (χ3v) is 2.63. The number of benzene rings is 1. The summed E-state index contributed by atoms with van der Waals surface area (Å²) in [6.45, 7) is 0. The number of ether oxygens (including phenoxy) is 1. The Morgan fingerprint density at radius 1 is 1.19 bits per heavy atom. The van der Waals surface area contributed by atoms with Crippen LogP contribution in [0.5, 0.6) is 5.88 Å². The number of aromatic hydroxyl groups is 1. The van der Waals surface area contributed by atoms with E-state index < -0.39 is 23.3 Å². The van der Waals surface area contributed by atoms with E-state index >= 15 is 0 Å². The Bertz CT molecular complexity index is 751. The van der Waals surface area contributed by atoms with Crippen LogP contribution in [0.15, 0.2) is 41.2 Å². The first-order chi connectivity index (χ1) is 9.99. The highest BCUT2D eigenvalue weighted by molar-refractivity contribution is 6.04. The molecular weight excluding hydrogens is 276 g/mol. The van der Waals surface area contributed by atoms with Crippen molar-refractivity contribution in [2.24, 2.45) is 0 Å². The van der Waals surface area contributed by atoms with Crippen LogP contribution >= 0.6 is 0 Å². The maximum atomic E-state index is 12.0. The molecule has 0 unspecified atom stereocenters. The molecule has 3 N–H and O–H groups in total. The minimum Gasteiger partial charge on any atom is -0.494 e. The molecule has 0 spiro atoms. The van der Waals surface area contributed by atoms with Crippen molar-refractivity contribution in [3.05, 3.63) is 57.9 Å². The Balaban J connectivity index is 2.23. The maximum absolute atomic E-state index is 12.0. The van der Waals surface area contributed by atoms with Crippen molar-refractivity contribution >= 4 is 17.6 Å². The fourth-order valence-corrected chi connectivity index (χ4v) is 1.70. The Morgan fingerprint density at radius 2 is 1.95 bits per heavy atom. The Labute approximate surface area is 119 Å². The molecule has 0 atom stereocenters. The molecule has 7 nitrogen and oxygen atoms in total. The first-order valence-corrected chi connectivity index (χ1v) is 5.92. The quantitative estimate of drug-likeness (QED) is 0.733. The summed E-state index contributed by atoms with van der Waals surface area (Å²) in [5, 5.41) is 11.8. The summed E-state index contributed by atoms with van der Waals surface area (Å²) in [5.41, 5.74) is 0.0508. The molecule has 21 heavy (non-hydrogen) atoms. The number of amides is 1. The molecule has 0 bridgehead atoms. The molecule has 7 heteroatoms. The van der Waals surface area contributed by atoms with E-state index in [-0.39, 0.29) is 11.1 Å². The topological polar surface area (TPSA) is 108 Å². The molecule has 0 aliphatic heterocycles. The van der Waals surface area contributed by atoms with Gasteiger partial charge < -0.3 is 15.2 Å². The van der Waals surface area contributed by atoms with Crippen LogP contribution in [0, 0.1) is 0 Å². The number of anilines is 1. The van der Waals surface area contributed by atoms with E-state index in [1.807, 2.05) is 0 Å². The standard InChI is InChI=1S/C14H12N2O5/c1-21-14(20)8-3-2-4-10(5-8)15-13(19)9-6-11(17)16-12(18)7-9/h2-7H,1H3,(H,15,19)(H2,16,17,18). The molecule has 1 amide bonds. The van der Waals surface area contributed by atoms with Gasteiger partial charge in [0.05, 0.1) is 18.2 Å². The van der Waals surface area contributed by atoms with Crippen molar-refractivity contribution in [2.75, 3.05) is 12.4 Å². The van der Waals surface area contributed by atoms with E-state index in [0.29, 0.717) is 5.69 Å². The summed E-state index contributed by atoms with van der Waals surface area (Å²) < 4.78 is 4.58. The number of nitrogens with one attached hydrogen (secondary N) is 2. The van der Waals surface area contributed by atoms with Gasteiger partial charge in [0.1, 0.15) is 0 Å². The van der Waals surface area contributed by atoms with Crippen LogP contribution < -0.4 is 10.9 Å². The summed E-state index contributed by atoms with van der Waals surface area (Å²) >= 11 is 0. The molecule has 0 fully saturated rings. The van der Waals surface area contributed by atoms with Gasteiger partial charge in [-0.3, -0.25) is 14.6 Å². The summed E-state index contributed by atoms with van der Waals surface area (Å²) in [7, 11) is 1.26. The molecule has 1 aromatic carbocycles. The highest BCUT2D eigenvalue weighted by atomic mass is 16.5. The third kappa shape index (κ3) is 3.47. The zero-order valence-corrected chi connectivity index (χ0v) is 11.0. The second-order valence-electron chi connectivity index (χ2n) is 4.15. The normalized spacial score (nSPS) is 9.95. The number of H-pyrrole nitrogens is 1. The van der Waals surface area contributed by atoms with Crippen LogP contribution in [0.3, 0.4) is 0 Å². The number of methoxy groups -OCH3 is 1. The van der Waals surface area contributed by atoms with Gasteiger partial charge in [-0.25, -0.2) is 4.79 Å². The largest absolute Gasteiger partial charge is 0.494 e. The lowest BCUT2D eigenvalue weighted by atomic mass is 10.2. The van der Waals surface area contributed by atoms with Gasteiger partial charge >= 0.3 is 5.97 Å². The van der Waals surface area contributed by atoms with Crippen molar-refractivity contribution < 1.29 is 19.4 Å². The molecule has 0 radical (unpaired) electrons. The maximum Gasteiger partial charge on any atom is 0.337 e. The van der Waals surface area contributed by atoms with Crippen LogP contribution in [-0.4, -0.2) is 29.1 Å². The highest BCUT2D eigenvalue weighted by Gasteiger charge is 2.10. The fourth-order valence-electron chi connectivity index (χ4n) is 1.70. The van der Waals surface area contributed by atoms with Crippen molar-refractivity contribution in [3.8, 4) is 5.88 Å². The molecule has 1 aromatic heterocycles. The average molecular weight is 288 g/mol. The lowest BCUT2D eigenvalue weighted by molar-refractivity contribution is 0.0600. The van der Waals surface area contributed by atoms with Crippen molar-refractivity contribution in [2.45, 2.75) is 0 Å². The van der Waals surface area contributed by atoms with Gasteiger partial charge in [-0.05, 0) is 18.2 Å². The van der Waals surface area contributed by atoms with Crippen LogP contribution in [0.25, 0.3) is 0 Å². The van der Waals surface area contributed by atoms with Gasteiger partial charge in [0.25, 0.3) is 11.5 Å². The number of carbonyl (C=O) groups is 2. The summed E-state index contributed by atoms with van der Waals surface area (Å²) in [6.07, 6.45) is 0. The number of carbonyl (C=O) groups excluding carboxylic acids is 2. The van der Waals surface area contributed by atoms with Crippen molar-refractivity contribution in [1.82, 2.24) is 4.98 Å². The predicted octanol–water partition coefficient (Wildman–Crippen LogP) is 1.12. The van der Waals surface area contributed by atoms with Crippen molar-refractivity contribution in [3.63, 3.8) is 0 Å². The number of esters is 1. The molecular formula is C14H12N2O5. The Hall–Kier alpha value is -3.09. The zero-order valence-electron chi connectivity index (χ0n) is 11.0. The smallest absolute Gasteiger partial charge is 0.337 e. The minimum atomic E-state index is -0.594. The Morgan fingerprint density at radius 3 is 2.62 bits per heavy atom. The average Bonchev–Trinajstić information content (AvgIpc) is 2.45. The molecule has 0 aliphatic carbocycles. The summed E-state index contributed by atoms with van der Waals surface area (Å²) in [6, 6.07) is 8.33. The van der Waals surface area contributed by atoms with Gasteiger partial charge in [-0.1, -0.05) is 6.07 Å². The van der Waals surface area contributed by atoms with Gasteiger partial charge in [0.15, 0.2) is 5.88 Å². The van der Waals surface area contributed by atoms with E-state index in [1.54, 1.807) is 18.2 Å². The van der Waals surface area contributed by atoms with Crippen LogP contribution in [-0.2, 0) is 4.74 Å². The van der Waals surface area contributed by atoms with Crippen LogP contribution in [0.4, 0.5) is 5.69 Å². The molecule has 0 saturated carbocycles. The van der Waals surface area contributed by atoms with E-state index in [9.17, 15) is 19.5 Å². The monoisotopic (exact) mass is 288 g/mol. The first-order valence-electron chi connectivity index (χ1n) is 5.92. The number of aromatic amines is 1. The fraction of sp³-hybridized carbons (Fsp3) is 0.0714. The minimum absolute atomic E-state index is 0.000258. The first kappa shape index (κ1) is 14.3. The SMILES string of the molecule is COC(=O)c1cccc(NC(=O)c2cc(O)[nH]c(=O)c2)c1. The van der Waals surface area contributed by atoms with Gasteiger partial charge in [-0.2, -0.15) is 0 Å². The zero-order chi connectivity index (χ0) is 15.4. The highest BCUT2D eigenvalue weighted by Crippen LogP contribution is 2.13. The van der Waals surface area contributed by atoms with E-state index in [2.05, 4.69) is 15.0 Å². The number of rotatable bonds is 3. The second-order valence-corrected chi connectivity index (χ2v) is 4.15. The molecule has 0 aliphatic rings. The second kappa shape index (κ2) is 5.91. The van der Waals surface area contributed by atoms with Gasteiger partial charge in [0, 0.05) is 17.8 Å². The lowest BCUT2D eigenvalue weighted by Crippen LogP contribution is -2.16. The summed E-state index contributed by atoms with van der Waals surface area (Å²) in [4.78, 5) is 36.7. The number of hydrogen-bond acceptors (Lipinski definition) is 5. The molecule has 1 heterocycles. The van der Waals surface area contributed by atoms with E-state index in [0.717, 1.165) is 12.1 Å². The number of hydrogen-bond donors (Lipinski definition) is 3. The molecule has 2 rings (SSSR count). The summed E-state index contributed by atoms with van der Waals surface area (Å²) in [5.74, 6) is -1.52. The third-order valence-electron chi connectivity index (χ3n) is 2.63. The lowest BCUT2D eigenvalue weighted by Gasteiger charge is -2.07. The van der Waals surface area contributed by atoms with E-state index in [4.69, 9.17) is 0 Å². The molecule has 2 aromatic rings. The van der Waals surface area contributed by atoms with Crippen molar-refractivity contribution in [1.29, 1.82) is 0 Å². The Kier molecular flexibility index (Phi) is 4.03. The molecule has 0 saturated heterocycles. The van der Waals surface area contributed by atoms with E-state index in [1.165, 1.54) is 13.2 Å². The van der Waals surface area contributed by atoms with Crippen LogP contribution in [0.1, 0.15) is 20.7 Å². The molecule has 108 valence electrons. The number of aromatic nitrogens is 1. The number of pyridine rings is 1. The van der Waals surface area contributed by atoms with Gasteiger partial charge in [-0.15, -0.1) is 0 Å². The predicted molar refractivity (Wildman–Crippen MR) is 74.5 cm³/mol. The van der Waals surface area contributed by atoms with Crippen LogP contribution in [0.2, 0.25) is 0 Å².